The number of rotatable bonds is 4. The molecule has 7 nitrogen and oxygen atoms in total. The lowest BCUT2D eigenvalue weighted by molar-refractivity contribution is -0.146. The highest BCUT2D eigenvalue weighted by Gasteiger charge is 2.27. The van der Waals surface area contributed by atoms with Crippen LogP contribution in [0, 0.1) is 5.92 Å². The lowest BCUT2D eigenvalue weighted by Crippen LogP contribution is -2.46. The van der Waals surface area contributed by atoms with Crippen LogP contribution >= 0.6 is 0 Å². The van der Waals surface area contributed by atoms with Crippen LogP contribution in [-0.2, 0) is 16.1 Å². The van der Waals surface area contributed by atoms with E-state index in [1.807, 2.05) is 37.2 Å². The number of piperidine rings is 1. The Morgan fingerprint density at radius 3 is 2.68 bits per heavy atom. The molecule has 1 aromatic heterocycles. The first kappa shape index (κ1) is 19.9. The number of para-hydroxylation sites is 1. The van der Waals surface area contributed by atoms with E-state index >= 15 is 0 Å². The van der Waals surface area contributed by atoms with Crippen molar-refractivity contribution in [2.45, 2.75) is 19.4 Å². The van der Waals surface area contributed by atoms with Gasteiger partial charge in [-0.05, 0) is 30.5 Å². The quantitative estimate of drug-likeness (QED) is 0.496. The third kappa shape index (κ3) is 4.35. The summed E-state index contributed by atoms with van der Waals surface area (Å²) in [6.45, 7) is 2.24. The van der Waals surface area contributed by atoms with E-state index in [0.717, 1.165) is 48.6 Å². The van der Waals surface area contributed by atoms with Gasteiger partial charge in [-0.15, -0.1) is 0 Å². The Hall–Kier alpha value is -2.83. The lowest BCUT2D eigenvalue weighted by atomic mass is 9.97. The molecular weight excluding hydrogens is 354 g/mol. The maximum Gasteiger partial charge on any atom is 0.308 e. The van der Waals surface area contributed by atoms with E-state index < -0.39 is 0 Å². The highest BCUT2D eigenvalue weighted by Crippen LogP contribution is 2.22. The number of nitrogens with zero attached hydrogens (tertiary/aromatic N) is 4. The second-order valence-corrected chi connectivity index (χ2v) is 7.24. The minimum absolute atomic E-state index is 0.00820. The second kappa shape index (κ2) is 8.91. The molecule has 2 heterocycles. The molecule has 3 rings (SSSR count). The number of carbonyl (C=O) groups excluding carboxylic acids is 1. The van der Waals surface area contributed by atoms with Crippen molar-refractivity contribution in [3.05, 3.63) is 35.9 Å². The smallest absolute Gasteiger partial charge is 0.308 e. The molecule has 1 N–H and O–H groups in total. The maximum atomic E-state index is 11.7. The summed E-state index contributed by atoms with van der Waals surface area (Å²) in [6, 6.07) is 10.3. The van der Waals surface area contributed by atoms with Gasteiger partial charge in [0, 0.05) is 46.2 Å². The van der Waals surface area contributed by atoms with Crippen LogP contribution in [0.25, 0.3) is 10.9 Å². The van der Waals surface area contributed by atoms with Crippen molar-refractivity contribution in [1.82, 2.24) is 15.2 Å². The van der Waals surface area contributed by atoms with E-state index in [4.69, 9.17) is 9.72 Å². The number of carbonyl (C=O) groups is 1. The van der Waals surface area contributed by atoms with Crippen LogP contribution in [0.4, 0.5) is 5.82 Å². The zero-order chi connectivity index (χ0) is 20.1. The highest BCUT2D eigenvalue weighted by molar-refractivity contribution is 5.85. The predicted molar refractivity (Wildman–Crippen MR) is 113 cm³/mol. The molecule has 2 aromatic rings. The van der Waals surface area contributed by atoms with Crippen LogP contribution in [0.15, 0.2) is 35.3 Å². The van der Waals surface area contributed by atoms with Crippen molar-refractivity contribution in [2.75, 3.05) is 46.2 Å². The fourth-order valence-electron chi connectivity index (χ4n) is 3.61. The number of aromatic nitrogens is 1. The number of likely N-dealkylation sites (tertiary alicyclic amines) is 1. The van der Waals surface area contributed by atoms with Crippen molar-refractivity contribution in [3.63, 3.8) is 0 Å². The summed E-state index contributed by atoms with van der Waals surface area (Å²) in [5.41, 5.74) is 2.17. The number of anilines is 1. The zero-order valence-corrected chi connectivity index (χ0v) is 17.1. The Labute approximate surface area is 166 Å². The summed E-state index contributed by atoms with van der Waals surface area (Å²) in [4.78, 5) is 25.1. The largest absolute Gasteiger partial charge is 0.469 e. The minimum atomic E-state index is -0.109. The molecule has 1 aliphatic heterocycles. The molecule has 0 bridgehead atoms. The van der Waals surface area contributed by atoms with Gasteiger partial charge in [-0.2, -0.15) is 0 Å². The Morgan fingerprint density at radius 2 is 2.04 bits per heavy atom. The van der Waals surface area contributed by atoms with Crippen molar-refractivity contribution in [1.29, 1.82) is 0 Å². The van der Waals surface area contributed by atoms with Crippen molar-refractivity contribution >= 4 is 28.6 Å². The monoisotopic (exact) mass is 383 g/mol. The number of aliphatic imine (C=N–C) groups is 1. The average molecular weight is 383 g/mol. The number of hydrogen-bond donors (Lipinski definition) is 1. The number of esters is 1. The molecular formula is C21H29N5O2. The first-order valence-electron chi connectivity index (χ1n) is 9.63. The first-order chi connectivity index (χ1) is 13.5. The fourth-order valence-corrected chi connectivity index (χ4v) is 3.61. The molecule has 1 aromatic carbocycles. The van der Waals surface area contributed by atoms with Gasteiger partial charge in [0.2, 0.25) is 0 Å². The third-order valence-electron chi connectivity index (χ3n) is 5.22. The molecule has 1 aliphatic rings. The highest BCUT2D eigenvalue weighted by atomic mass is 16.5. The summed E-state index contributed by atoms with van der Waals surface area (Å²) < 4.78 is 4.88. The number of fused-ring (bicyclic) bond motifs is 1. The van der Waals surface area contributed by atoms with E-state index in [1.54, 1.807) is 7.05 Å². The van der Waals surface area contributed by atoms with Crippen LogP contribution in [0.1, 0.15) is 18.4 Å². The molecule has 150 valence electrons. The van der Waals surface area contributed by atoms with Gasteiger partial charge in [-0.1, -0.05) is 18.2 Å². The Bertz CT molecular complexity index is 857. The van der Waals surface area contributed by atoms with Gasteiger partial charge in [0.1, 0.15) is 5.82 Å². The van der Waals surface area contributed by atoms with Crippen molar-refractivity contribution < 1.29 is 9.53 Å². The minimum Gasteiger partial charge on any atom is -0.469 e. The predicted octanol–water partition coefficient (Wildman–Crippen LogP) is 2.26. The van der Waals surface area contributed by atoms with Crippen LogP contribution in [0.3, 0.4) is 0 Å². The van der Waals surface area contributed by atoms with E-state index in [-0.39, 0.29) is 11.9 Å². The van der Waals surface area contributed by atoms with Crippen molar-refractivity contribution in [2.24, 2.45) is 10.9 Å². The Kier molecular flexibility index (Phi) is 6.34. The number of benzene rings is 1. The van der Waals surface area contributed by atoms with Crippen LogP contribution in [0.2, 0.25) is 0 Å². The summed E-state index contributed by atoms with van der Waals surface area (Å²) in [7, 11) is 7.25. The summed E-state index contributed by atoms with van der Waals surface area (Å²) in [5.74, 6) is 1.67. The maximum absolute atomic E-state index is 11.7. The normalized spacial score (nSPS) is 15.6. The van der Waals surface area contributed by atoms with Gasteiger partial charge in [0.25, 0.3) is 0 Å². The van der Waals surface area contributed by atoms with Crippen LogP contribution in [-0.4, -0.2) is 63.2 Å². The van der Waals surface area contributed by atoms with E-state index in [0.29, 0.717) is 6.54 Å². The number of hydrogen-bond acceptors (Lipinski definition) is 5. The van der Waals surface area contributed by atoms with E-state index in [2.05, 4.69) is 27.3 Å². The van der Waals surface area contributed by atoms with Gasteiger partial charge in [0.15, 0.2) is 5.96 Å². The molecule has 0 aliphatic carbocycles. The molecule has 7 heteroatoms. The fraction of sp³-hybridized carbons (Fsp3) is 0.476. The van der Waals surface area contributed by atoms with Gasteiger partial charge >= 0.3 is 5.97 Å². The Balaban J connectivity index is 1.71. The zero-order valence-electron chi connectivity index (χ0n) is 17.1. The molecule has 0 amide bonds. The third-order valence-corrected chi connectivity index (χ3v) is 5.22. The molecule has 0 spiro atoms. The van der Waals surface area contributed by atoms with E-state index in [9.17, 15) is 4.79 Å². The molecule has 28 heavy (non-hydrogen) atoms. The molecule has 1 saturated heterocycles. The average Bonchev–Trinajstić information content (AvgIpc) is 2.73. The van der Waals surface area contributed by atoms with E-state index in [1.165, 1.54) is 12.7 Å². The van der Waals surface area contributed by atoms with Gasteiger partial charge < -0.3 is 19.9 Å². The van der Waals surface area contributed by atoms with Gasteiger partial charge in [-0.3, -0.25) is 9.79 Å². The number of pyridine rings is 1. The Morgan fingerprint density at radius 1 is 1.32 bits per heavy atom. The standard InChI is InChI=1S/C21H29N5O2/c1-22-21(26-11-9-15(10-12-26)20(27)28-4)23-14-16-13-19(25(2)3)24-18-8-6-5-7-17(16)18/h5-8,13,15H,9-12,14H2,1-4H3,(H,22,23). The number of nitrogens with one attached hydrogen (secondary N) is 1. The summed E-state index contributed by atoms with van der Waals surface area (Å²) in [5, 5.41) is 4.62. The number of methoxy groups -OCH3 is 1. The summed E-state index contributed by atoms with van der Waals surface area (Å²) >= 11 is 0. The molecule has 0 atom stereocenters. The first-order valence-corrected chi connectivity index (χ1v) is 9.63. The molecule has 1 fully saturated rings. The van der Waals surface area contributed by atoms with Crippen molar-refractivity contribution in [3.8, 4) is 0 Å². The van der Waals surface area contributed by atoms with Crippen LogP contribution < -0.4 is 10.2 Å². The molecule has 0 unspecified atom stereocenters. The lowest BCUT2D eigenvalue weighted by Gasteiger charge is -2.33. The van der Waals surface area contributed by atoms with Gasteiger partial charge in [0.05, 0.1) is 18.5 Å². The second-order valence-electron chi connectivity index (χ2n) is 7.24. The molecule has 0 saturated carbocycles. The molecule has 0 radical (unpaired) electrons. The number of guanidine groups is 1. The van der Waals surface area contributed by atoms with Crippen LogP contribution in [0.5, 0.6) is 0 Å². The summed E-state index contributed by atoms with van der Waals surface area (Å²) in [6.07, 6.45) is 1.58. The number of ether oxygens (including phenoxy) is 1. The van der Waals surface area contributed by atoms with Gasteiger partial charge in [-0.25, -0.2) is 4.98 Å². The topological polar surface area (TPSA) is 70.1 Å². The SMILES string of the molecule is CN=C(NCc1cc(N(C)C)nc2ccccc12)N1CCC(C(=O)OC)CC1.